The maximum Gasteiger partial charge on any atom is 0.0454 e. The van der Waals surface area contributed by atoms with E-state index >= 15 is 0 Å². The van der Waals surface area contributed by atoms with Gasteiger partial charge in [-0.2, -0.15) is 0 Å². The van der Waals surface area contributed by atoms with Gasteiger partial charge in [0.25, 0.3) is 0 Å². The van der Waals surface area contributed by atoms with E-state index in [0.29, 0.717) is 0 Å². The second-order valence-corrected chi connectivity index (χ2v) is 4.46. The van der Waals surface area contributed by atoms with Gasteiger partial charge in [-0.3, -0.25) is 0 Å². The van der Waals surface area contributed by atoms with Crippen LogP contribution in [0.15, 0.2) is 23.1 Å². The van der Waals surface area contributed by atoms with Crippen molar-refractivity contribution in [2.24, 2.45) is 0 Å². The number of nitrogen functional groups attached to an aromatic ring is 1. The number of aliphatic hydroxyl groups is 1. The Bertz CT molecular complexity index is 289. The normalized spacial score (nSPS) is 10.4. The van der Waals surface area contributed by atoms with Gasteiger partial charge in [-0.05, 0) is 43.2 Å². The van der Waals surface area contributed by atoms with E-state index in [0.717, 1.165) is 29.2 Å². The molecule has 78 valence electrons. The lowest BCUT2D eigenvalue weighted by Crippen LogP contribution is -1.91. The molecule has 0 aromatic heterocycles. The number of hydrogen-bond donors (Lipinski definition) is 2. The number of anilines is 1. The highest BCUT2D eigenvalue weighted by Crippen LogP contribution is 2.26. The minimum atomic E-state index is 0.282. The third-order valence-electron chi connectivity index (χ3n) is 1.98. The van der Waals surface area contributed by atoms with Gasteiger partial charge in [0.1, 0.15) is 0 Å². The molecule has 0 aliphatic rings. The van der Waals surface area contributed by atoms with Crippen LogP contribution < -0.4 is 5.73 Å². The van der Waals surface area contributed by atoms with Gasteiger partial charge in [0, 0.05) is 17.2 Å². The first-order valence-electron chi connectivity index (χ1n) is 4.84. The molecule has 0 saturated heterocycles. The average molecular weight is 211 g/mol. The lowest BCUT2D eigenvalue weighted by Gasteiger charge is -2.05. The zero-order valence-corrected chi connectivity index (χ0v) is 9.31. The van der Waals surface area contributed by atoms with Crippen LogP contribution in [0, 0.1) is 6.92 Å². The molecule has 1 rings (SSSR count). The van der Waals surface area contributed by atoms with Crippen LogP contribution in [-0.4, -0.2) is 17.5 Å². The fraction of sp³-hybridized carbons (Fsp3) is 0.455. The topological polar surface area (TPSA) is 46.2 Å². The molecule has 1 aromatic carbocycles. The van der Waals surface area contributed by atoms with Crippen molar-refractivity contribution in [1.82, 2.24) is 0 Å². The molecule has 0 heterocycles. The predicted molar refractivity (Wildman–Crippen MR) is 62.6 cm³/mol. The summed E-state index contributed by atoms with van der Waals surface area (Å²) in [6, 6.07) is 6.13. The zero-order valence-electron chi connectivity index (χ0n) is 8.49. The Hall–Kier alpha value is -0.670. The van der Waals surface area contributed by atoms with Gasteiger partial charge in [-0.1, -0.05) is 6.07 Å². The predicted octanol–water partition coefficient (Wildman–Crippen LogP) is 2.44. The van der Waals surface area contributed by atoms with Crippen LogP contribution in [0.4, 0.5) is 5.69 Å². The SMILES string of the molecule is Cc1ccc(SCCCCO)c(N)c1. The number of rotatable bonds is 5. The second kappa shape index (κ2) is 5.94. The maximum absolute atomic E-state index is 8.62. The summed E-state index contributed by atoms with van der Waals surface area (Å²) in [5.41, 5.74) is 7.92. The van der Waals surface area contributed by atoms with Crippen molar-refractivity contribution in [3.63, 3.8) is 0 Å². The molecule has 0 aliphatic carbocycles. The molecule has 0 spiro atoms. The molecule has 0 saturated carbocycles. The Morgan fingerprint density at radius 3 is 2.79 bits per heavy atom. The molecular formula is C11H17NOS. The Morgan fingerprint density at radius 1 is 1.36 bits per heavy atom. The number of nitrogens with two attached hydrogens (primary N) is 1. The van der Waals surface area contributed by atoms with Gasteiger partial charge in [0.2, 0.25) is 0 Å². The number of benzene rings is 1. The lowest BCUT2D eigenvalue weighted by atomic mass is 10.2. The summed E-state index contributed by atoms with van der Waals surface area (Å²) >= 11 is 1.76. The van der Waals surface area contributed by atoms with E-state index in [-0.39, 0.29) is 6.61 Å². The van der Waals surface area contributed by atoms with Crippen molar-refractivity contribution in [2.75, 3.05) is 18.1 Å². The highest BCUT2D eigenvalue weighted by atomic mass is 32.2. The molecule has 2 nitrogen and oxygen atoms in total. The van der Waals surface area contributed by atoms with Crippen LogP contribution in [0.25, 0.3) is 0 Å². The number of aryl methyl sites for hydroxylation is 1. The van der Waals surface area contributed by atoms with Gasteiger partial charge in [0.05, 0.1) is 0 Å². The van der Waals surface area contributed by atoms with E-state index in [9.17, 15) is 0 Å². The standard InChI is InChI=1S/C11H17NOS/c1-9-4-5-11(10(12)8-9)14-7-3-2-6-13/h4-5,8,13H,2-3,6-7,12H2,1H3. The van der Waals surface area contributed by atoms with Crippen LogP contribution in [0.1, 0.15) is 18.4 Å². The van der Waals surface area contributed by atoms with E-state index in [2.05, 4.69) is 12.1 Å². The zero-order chi connectivity index (χ0) is 10.4. The number of thioether (sulfide) groups is 1. The highest BCUT2D eigenvalue weighted by Gasteiger charge is 1.99. The molecule has 1 aromatic rings. The summed E-state index contributed by atoms with van der Waals surface area (Å²) < 4.78 is 0. The Morgan fingerprint density at radius 2 is 2.14 bits per heavy atom. The summed E-state index contributed by atoms with van der Waals surface area (Å²) in [5, 5.41) is 8.62. The number of hydrogen-bond acceptors (Lipinski definition) is 3. The first-order valence-corrected chi connectivity index (χ1v) is 5.82. The molecule has 0 fully saturated rings. The monoisotopic (exact) mass is 211 g/mol. The molecule has 3 N–H and O–H groups in total. The van der Waals surface area contributed by atoms with Gasteiger partial charge in [-0.15, -0.1) is 11.8 Å². The smallest absolute Gasteiger partial charge is 0.0454 e. The van der Waals surface area contributed by atoms with Crippen LogP contribution in [0.5, 0.6) is 0 Å². The van der Waals surface area contributed by atoms with E-state index in [1.54, 1.807) is 11.8 Å². The van der Waals surface area contributed by atoms with Gasteiger partial charge in [0.15, 0.2) is 0 Å². The molecular weight excluding hydrogens is 194 g/mol. The van der Waals surface area contributed by atoms with E-state index in [4.69, 9.17) is 10.8 Å². The van der Waals surface area contributed by atoms with Crippen LogP contribution in [-0.2, 0) is 0 Å². The largest absolute Gasteiger partial charge is 0.398 e. The van der Waals surface area contributed by atoms with Crippen molar-refractivity contribution in [3.8, 4) is 0 Å². The Labute approximate surface area is 89.5 Å². The van der Waals surface area contributed by atoms with Crippen LogP contribution in [0.2, 0.25) is 0 Å². The van der Waals surface area contributed by atoms with Crippen molar-refractivity contribution in [1.29, 1.82) is 0 Å². The van der Waals surface area contributed by atoms with Gasteiger partial charge >= 0.3 is 0 Å². The van der Waals surface area contributed by atoms with Crippen molar-refractivity contribution in [2.45, 2.75) is 24.7 Å². The number of unbranched alkanes of at least 4 members (excludes halogenated alkanes) is 1. The van der Waals surface area contributed by atoms with Crippen LogP contribution >= 0.6 is 11.8 Å². The Balaban J connectivity index is 2.42. The van der Waals surface area contributed by atoms with Crippen molar-refractivity contribution < 1.29 is 5.11 Å². The lowest BCUT2D eigenvalue weighted by molar-refractivity contribution is 0.287. The number of aliphatic hydroxyl groups excluding tert-OH is 1. The molecule has 0 radical (unpaired) electrons. The fourth-order valence-corrected chi connectivity index (χ4v) is 2.15. The van der Waals surface area contributed by atoms with Crippen molar-refractivity contribution >= 4 is 17.4 Å². The summed E-state index contributed by atoms with van der Waals surface area (Å²) in [6.07, 6.45) is 1.91. The fourth-order valence-electron chi connectivity index (χ4n) is 1.20. The third kappa shape index (κ3) is 3.60. The minimum absolute atomic E-state index is 0.282. The van der Waals surface area contributed by atoms with Crippen LogP contribution in [0.3, 0.4) is 0 Å². The van der Waals surface area contributed by atoms with E-state index < -0.39 is 0 Å². The summed E-state index contributed by atoms with van der Waals surface area (Å²) in [4.78, 5) is 1.15. The molecule has 0 aliphatic heterocycles. The quantitative estimate of drug-likeness (QED) is 0.447. The molecule has 0 unspecified atom stereocenters. The maximum atomic E-state index is 8.62. The Kier molecular flexibility index (Phi) is 4.84. The van der Waals surface area contributed by atoms with Gasteiger partial charge < -0.3 is 10.8 Å². The molecule has 0 amide bonds. The molecule has 14 heavy (non-hydrogen) atoms. The summed E-state index contributed by atoms with van der Waals surface area (Å²) in [6.45, 7) is 2.32. The first-order chi connectivity index (χ1) is 6.74. The second-order valence-electron chi connectivity index (χ2n) is 3.32. The van der Waals surface area contributed by atoms with E-state index in [1.807, 2.05) is 13.0 Å². The van der Waals surface area contributed by atoms with Crippen molar-refractivity contribution in [3.05, 3.63) is 23.8 Å². The molecule has 0 bridgehead atoms. The summed E-state index contributed by atoms with van der Waals surface area (Å²) in [7, 11) is 0. The molecule has 0 atom stereocenters. The summed E-state index contributed by atoms with van der Waals surface area (Å²) in [5.74, 6) is 1.02. The molecule has 3 heteroatoms. The average Bonchev–Trinajstić information content (AvgIpc) is 2.15. The third-order valence-corrected chi connectivity index (χ3v) is 3.15. The van der Waals surface area contributed by atoms with E-state index in [1.165, 1.54) is 5.56 Å². The highest BCUT2D eigenvalue weighted by molar-refractivity contribution is 7.99. The first kappa shape index (κ1) is 11.4. The minimum Gasteiger partial charge on any atom is -0.398 e. The van der Waals surface area contributed by atoms with Gasteiger partial charge in [-0.25, -0.2) is 0 Å².